The van der Waals surface area contributed by atoms with Crippen LogP contribution in [-0.4, -0.2) is 14.1 Å². The number of nitrogens with zero attached hydrogens (tertiary/aromatic N) is 4. The van der Waals surface area contributed by atoms with Crippen molar-refractivity contribution in [2.45, 2.75) is 36.0 Å². The molecule has 5 heteroatoms. The van der Waals surface area contributed by atoms with Crippen molar-refractivity contribution in [2.24, 2.45) is 6.98 Å². The summed E-state index contributed by atoms with van der Waals surface area (Å²) in [6.07, 6.45) is 4.97. The van der Waals surface area contributed by atoms with E-state index in [0.29, 0.717) is 5.52 Å². The van der Waals surface area contributed by atoms with E-state index in [9.17, 15) is 0 Å². The van der Waals surface area contributed by atoms with E-state index in [2.05, 4.69) is 98.4 Å². The Balaban J connectivity index is 1.32. The zero-order chi connectivity index (χ0) is 29.9. The molecule has 0 N–H and O–H groups in total. The standard InChI is InChI=1S/C35H30N4S/c1-35(2,3)24-18-19-36-34(20-24)39-30-13-6-5-12-28(30)29-17-16-27(22-33(29)39)40-26-11-9-10-25(21-26)38-23-37(4)31-14-7-8-15-32(31)38/h5-22H,1-4H3/i4D3. The molecule has 0 unspecified atom stereocenters. The van der Waals surface area contributed by atoms with Gasteiger partial charge in [-0.05, 0) is 53.4 Å². The van der Waals surface area contributed by atoms with Gasteiger partial charge in [0.05, 0.1) is 38.8 Å². The van der Waals surface area contributed by atoms with Gasteiger partial charge in [-0.3, -0.25) is 4.57 Å². The molecular formula is C35H30N4S. The van der Waals surface area contributed by atoms with Gasteiger partial charge in [0.15, 0.2) is 0 Å². The summed E-state index contributed by atoms with van der Waals surface area (Å²) in [4.78, 5) is 6.94. The minimum atomic E-state index is -2.33. The third-order valence-electron chi connectivity index (χ3n) is 7.36. The first-order valence-corrected chi connectivity index (χ1v) is 14.1. The minimum Gasteiger partial charge on any atom is -0.319 e. The van der Waals surface area contributed by atoms with Gasteiger partial charge in [-0.25, -0.2) is 4.98 Å². The smallest absolute Gasteiger partial charge is 0.244 e. The van der Waals surface area contributed by atoms with Gasteiger partial charge in [0.25, 0.3) is 0 Å². The van der Waals surface area contributed by atoms with Crippen LogP contribution in [0.15, 0.2) is 119 Å². The average molecular weight is 542 g/mol. The summed E-state index contributed by atoms with van der Waals surface area (Å²) in [5.74, 6) is 0.903. The highest BCUT2D eigenvalue weighted by Crippen LogP contribution is 2.37. The predicted molar refractivity (Wildman–Crippen MR) is 165 cm³/mol. The lowest BCUT2D eigenvalue weighted by Crippen LogP contribution is -2.29. The van der Waals surface area contributed by atoms with Crippen LogP contribution in [0.4, 0.5) is 0 Å². The minimum absolute atomic E-state index is 0.00765. The van der Waals surface area contributed by atoms with Gasteiger partial charge >= 0.3 is 0 Å². The molecule has 0 saturated heterocycles. The monoisotopic (exact) mass is 541 g/mol. The van der Waals surface area contributed by atoms with Gasteiger partial charge in [-0.15, -0.1) is 0 Å². The average Bonchev–Trinajstić information content (AvgIpc) is 3.53. The van der Waals surface area contributed by atoms with E-state index >= 15 is 0 Å². The number of aromatic nitrogens is 4. The third-order valence-corrected chi connectivity index (χ3v) is 8.34. The summed E-state index contributed by atoms with van der Waals surface area (Å²) >= 11 is 1.67. The fourth-order valence-electron chi connectivity index (χ4n) is 5.34. The molecular weight excluding hydrogens is 508 g/mol. The van der Waals surface area contributed by atoms with Crippen LogP contribution in [0.1, 0.15) is 30.4 Å². The van der Waals surface area contributed by atoms with Gasteiger partial charge in [0.1, 0.15) is 5.82 Å². The van der Waals surface area contributed by atoms with E-state index in [1.807, 2.05) is 47.2 Å². The summed E-state index contributed by atoms with van der Waals surface area (Å²) < 4.78 is 29.3. The lowest BCUT2D eigenvalue weighted by atomic mass is 9.88. The molecule has 7 aromatic rings. The van der Waals surface area contributed by atoms with Gasteiger partial charge < -0.3 is 9.13 Å². The number of hydrogen-bond acceptors (Lipinski definition) is 2. The number of hydrogen-bond donors (Lipinski definition) is 0. The second-order valence-corrected chi connectivity index (χ2v) is 12.2. The molecule has 40 heavy (non-hydrogen) atoms. The first-order valence-electron chi connectivity index (χ1n) is 14.8. The number of aryl methyl sites for hydroxylation is 1. The SMILES string of the molecule is [2H]C([2H])([2H])n1[c-][n+](-c2cccc(Sc3ccc4c5ccccc5n(-c5cc(C(C)(C)C)ccn5)c4c3)c2)c2ccccc21. The van der Waals surface area contributed by atoms with E-state index in [0.717, 1.165) is 37.8 Å². The van der Waals surface area contributed by atoms with Crippen molar-refractivity contribution in [1.82, 2.24) is 14.1 Å². The van der Waals surface area contributed by atoms with Gasteiger partial charge in [-0.2, -0.15) is 0 Å². The highest BCUT2D eigenvalue weighted by Gasteiger charge is 2.18. The summed E-state index contributed by atoms with van der Waals surface area (Å²) in [5.41, 5.74) is 5.72. The number of pyridine rings is 1. The van der Waals surface area contributed by atoms with E-state index in [1.165, 1.54) is 20.9 Å². The molecule has 3 heterocycles. The number of imidazole rings is 1. The van der Waals surface area contributed by atoms with Crippen molar-refractivity contribution in [1.29, 1.82) is 0 Å². The zero-order valence-corrected chi connectivity index (χ0v) is 23.4. The van der Waals surface area contributed by atoms with Crippen LogP contribution in [0.5, 0.6) is 0 Å². The van der Waals surface area contributed by atoms with Crippen molar-refractivity contribution in [3.8, 4) is 11.5 Å². The molecule has 0 amide bonds. The van der Waals surface area contributed by atoms with E-state index in [1.54, 1.807) is 11.8 Å². The second kappa shape index (κ2) is 9.39. The predicted octanol–water partition coefficient (Wildman–Crippen LogP) is 8.20. The maximum atomic E-state index is 7.99. The van der Waals surface area contributed by atoms with Crippen molar-refractivity contribution in [2.75, 3.05) is 0 Å². The molecule has 0 atom stereocenters. The molecule has 4 nitrogen and oxygen atoms in total. The lowest BCUT2D eigenvalue weighted by Gasteiger charge is -2.20. The van der Waals surface area contributed by atoms with Crippen LogP contribution in [0.3, 0.4) is 0 Å². The molecule has 0 bridgehead atoms. The largest absolute Gasteiger partial charge is 0.319 e. The Morgan fingerprint density at radius 1 is 0.775 bits per heavy atom. The maximum Gasteiger partial charge on any atom is 0.244 e. The maximum absolute atomic E-state index is 7.99. The molecule has 0 aliphatic heterocycles. The first-order chi connectivity index (χ1) is 20.6. The van der Waals surface area contributed by atoms with E-state index < -0.39 is 6.98 Å². The van der Waals surface area contributed by atoms with E-state index in [4.69, 9.17) is 9.10 Å². The highest BCUT2D eigenvalue weighted by molar-refractivity contribution is 7.99. The van der Waals surface area contributed by atoms with Crippen molar-refractivity contribution < 1.29 is 8.68 Å². The molecule has 0 radical (unpaired) electrons. The molecule has 0 spiro atoms. The number of benzene rings is 4. The van der Waals surface area contributed by atoms with Crippen molar-refractivity contribution in [3.63, 3.8) is 0 Å². The molecule has 0 fully saturated rings. The van der Waals surface area contributed by atoms with Crippen LogP contribution in [0.2, 0.25) is 0 Å². The zero-order valence-electron chi connectivity index (χ0n) is 25.6. The Morgan fingerprint density at radius 2 is 1.55 bits per heavy atom. The molecule has 0 aliphatic rings. The molecule has 0 aliphatic carbocycles. The highest BCUT2D eigenvalue weighted by atomic mass is 32.2. The summed E-state index contributed by atoms with van der Waals surface area (Å²) in [5, 5.41) is 2.37. The summed E-state index contributed by atoms with van der Waals surface area (Å²) in [6.45, 7) is 4.33. The Kier molecular flexibility index (Phi) is 5.04. The molecule has 196 valence electrons. The van der Waals surface area contributed by atoms with Gasteiger partial charge in [0, 0.05) is 26.8 Å². The fourth-order valence-corrected chi connectivity index (χ4v) is 6.24. The van der Waals surface area contributed by atoms with Crippen LogP contribution >= 0.6 is 11.8 Å². The van der Waals surface area contributed by atoms with Crippen molar-refractivity contribution in [3.05, 3.63) is 121 Å². The van der Waals surface area contributed by atoms with Gasteiger partial charge in [-0.1, -0.05) is 93.2 Å². The quantitative estimate of drug-likeness (QED) is 0.166. The van der Waals surface area contributed by atoms with Crippen LogP contribution < -0.4 is 4.57 Å². The molecule has 3 aromatic heterocycles. The Morgan fingerprint density at radius 3 is 2.40 bits per heavy atom. The normalized spacial score (nSPS) is 13.5. The Bertz CT molecular complexity index is 2150. The van der Waals surface area contributed by atoms with Crippen LogP contribution in [0, 0.1) is 6.33 Å². The molecule has 0 saturated carbocycles. The Hall–Kier alpha value is -4.35. The topological polar surface area (TPSA) is 26.6 Å². The molecule has 4 aromatic carbocycles. The van der Waals surface area contributed by atoms with E-state index in [-0.39, 0.29) is 5.41 Å². The van der Waals surface area contributed by atoms with Crippen LogP contribution in [0.25, 0.3) is 44.3 Å². The first kappa shape index (κ1) is 21.5. The summed E-state index contributed by atoms with van der Waals surface area (Å²) in [7, 11) is 0. The summed E-state index contributed by atoms with van der Waals surface area (Å²) in [6, 6.07) is 35.0. The third kappa shape index (κ3) is 4.18. The molecule has 7 rings (SSSR count). The number of rotatable bonds is 4. The number of fused-ring (bicyclic) bond motifs is 4. The number of para-hydroxylation sites is 3. The second-order valence-electron chi connectivity index (χ2n) is 11.0. The Labute approximate surface area is 242 Å². The fraction of sp³-hybridized carbons (Fsp3) is 0.143. The van der Waals surface area contributed by atoms with Crippen LogP contribution in [-0.2, 0) is 12.4 Å². The van der Waals surface area contributed by atoms with Crippen molar-refractivity contribution >= 4 is 44.6 Å². The lowest BCUT2D eigenvalue weighted by molar-refractivity contribution is -0.573. The van der Waals surface area contributed by atoms with Gasteiger partial charge in [0.2, 0.25) is 6.33 Å².